The summed E-state index contributed by atoms with van der Waals surface area (Å²) in [5, 5.41) is 11.3. The number of likely N-dealkylation sites (N-methyl/N-ethyl adjacent to an activating group) is 1. The van der Waals surface area contributed by atoms with Crippen molar-refractivity contribution in [2.45, 2.75) is 26.3 Å². The molecule has 0 saturated carbocycles. The van der Waals surface area contributed by atoms with Crippen LogP contribution >= 0.6 is 0 Å². The van der Waals surface area contributed by atoms with Gasteiger partial charge in [0, 0.05) is 30.6 Å². The van der Waals surface area contributed by atoms with Crippen molar-refractivity contribution in [1.82, 2.24) is 9.80 Å². The lowest BCUT2D eigenvalue weighted by Gasteiger charge is -2.29. The Morgan fingerprint density at radius 2 is 1.94 bits per heavy atom. The number of amides is 1. The molecule has 2 aromatic carbocycles. The molecule has 4 rings (SSSR count). The predicted octanol–water partition coefficient (Wildman–Crippen LogP) is 3.39. The van der Waals surface area contributed by atoms with E-state index in [2.05, 4.69) is 18.7 Å². The highest BCUT2D eigenvalue weighted by Crippen LogP contribution is 2.43. The second-order valence-electron chi connectivity index (χ2n) is 8.18. The molecule has 2 aliphatic heterocycles. The molecule has 1 amide bonds. The maximum atomic E-state index is 13.2. The number of aliphatic hydroxyl groups is 1. The Balaban J connectivity index is 1.82. The van der Waals surface area contributed by atoms with Crippen molar-refractivity contribution >= 4 is 17.4 Å². The molecular formula is C26H30N2O5. The number of hydrogen-bond donors (Lipinski definition) is 1. The van der Waals surface area contributed by atoms with Crippen LogP contribution in [0.2, 0.25) is 0 Å². The number of carbonyl (C=O) groups is 2. The predicted molar refractivity (Wildman–Crippen MR) is 125 cm³/mol. The normalized spacial score (nSPS) is 19.2. The van der Waals surface area contributed by atoms with Crippen LogP contribution in [0.5, 0.6) is 11.5 Å². The lowest BCUT2D eigenvalue weighted by Crippen LogP contribution is -2.38. The van der Waals surface area contributed by atoms with Crippen LogP contribution in [-0.4, -0.2) is 66.5 Å². The molecule has 1 saturated heterocycles. The molecule has 1 unspecified atom stereocenters. The maximum Gasteiger partial charge on any atom is 0.295 e. The Morgan fingerprint density at radius 1 is 1.18 bits per heavy atom. The van der Waals surface area contributed by atoms with E-state index in [1.165, 1.54) is 0 Å². The fourth-order valence-corrected chi connectivity index (χ4v) is 4.60. The minimum absolute atomic E-state index is 0.0860. The van der Waals surface area contributed by atoms with Gasteiger partial charge >= 0.3 is 0 Å². The SMILES string of the molecule is CCN(CC)CCN1C(=O)C(=O)/C(=C(/O)c2ccc3c(c2)CCO3)C1c1ccccc1OC. The van der Waals surface area contributed by atoms with Gasteiger partial charge in [-0.1, -0.05) is 32.0 Å². The molecular weight excluding hydrogens is 420 g/mol. The summed E-state index contributed by atoms with van der Waals surface area (Å²) >= 11 is 0. The first kappa shape index (κ1) is 22.9. The van der Waals surface area contributed by atoms with Gasteiger partial charge in [-0.2, -0.15) is 0 Å². The van der Waals surface area contributed by atoms with Crippen molar-refractivity contribution in [1.29, 1.82) is 0 Å². The second kappa shape index (κ2) is 9.67. The van der Waals surface area contributed by atoms with E-state index in [0.29, 0.717) is 36.6 Å². The zero-order valence-corrected chi connectivity index (χ0v) is 19.3. The van der Waals surface area contributed by atoms with Crippen molar-refractivity contribution < 1.29 is 24.2 Å². The van der Waals surface area contributed by atoms with Crippen LogP contribution in [0.15, 0.2) is 48.0 Å². The monoisotopic (exact) mass is 450 g/mol. The molecule has 0 bridgehead atoms. The van der Waals surface area contributed by atoms with Crippen LogP contribution in [0.3, 0.4) is 0 Å². The maximum absolute atomic E-state index is 13.2. The van der Waals surface area contributed by atoms with Crippen LogP contribution < -0.4 is 9.47 Å². The van der Waals surface area contributed by atoms with Crippen LogP contribution in [-0.2, 0) is 16.0 Å². The zero-order valence-electron chi connectivity index (χ0n) is 19.3. The first-order valence-electron chi connectivity index (χ1n) is 11.4. The molecule has 0 aliphatic carbocycles. The van der Waals surface area contributed by atoms with Crippen LogP contribution in [0.4, 0.5) is 0 Å². The number of nitrogens with zero attached hydrogens (tertiary/aromatic N) is 2. The first-order valence-corrected chi connectivity index (χ1v) is 11.4. The largest absolute Gasteiger partial charge is 0.507 e. The average molecular weight is 451 g/mol. The molecule has 7 heteroatoms. The van der Waals surface area contributed by atoms with E-state index in [1.54, 1.807) is 30.2 Å². The van der Waals surface area contributed by atoms with Crippen molar-refractivity contribution in [2.24, 2.45) is 0 Å². The van der Waals surface area contributed by atoms with Crippen LogP contribution in [0, 0.1) is 0 Å². The number of methoxy groups -OCH3 is 1. The molecule has 7 nitrogen and oxygen atoms in total. The Morgan fingerprint density at radius 3 is 2.67 bits per heavy atom. The molecule has 1 N–H and O–H groups in total. The van der Waals surface area contributed by atoms with Gasteiger partial charge in [-0.15, -0.1) is 0 Å². The number of hydrogen-bond acceptors (Lipinski definition) is 6. The summed E-state index contributed by atoms with van der Waals surface area (Å²) < 4.78 is 11.1. The number of likely N-dealkylation sites (tertiary alicyclic amines) is 1. The number of aliphatic hydroxyl groups excluding tert-OH is 1. The summed E-state index contributed by atoms with van der Waals surface area (Å²) in [6, 6.07) is 11.9. The summed E-state index contributed by atoms with van der Waals surface area (Å²) in [5.41, 5.74) is 2.23. The summed E-state index contributed by atoms with van der Waals surface area (Å²) in [6.07, 6.45) is 0.741. The van der Waals surface area contributed by atoms with E-state index in [1.807, 2.05) is 24.3 Å². The highest BCUT2D eigenvalue weighted by Gasteiger charge is 2.47. The van der Waals surface area contributed by atoms with Gasteiger partial charge < -0.3 is 24.4 Å². The molecule has 2 aliphatic rings. The van der Waals surface area contributed by atoms with Gasteiger partial charge in [0.05, 0.1) is 25.3 Å². The Hall–Kier alpha value is -3.32. The van der Waals surface area contributed by atoms with E-state index in [-0.39, 0.29) is 11.3 Å². The van der Waals surface area contributed by atoms with E-state index in [0.717, 1.165) is 30.8 Å². The van der Waals surface area contributed by atoms with Crippen molar-refractivity contribution in [2.75, 3.05) is 39.9 Å². The number of ether oxygens (including phenoxy) is 2. The number of rotatable bonds is 8. The number of fused-ring (bicyclic) bond motifs is 1. The van der Waals surface area contributed by atoms with Crippen molar-refractivity contribution in [3.05, 3.63) is 64.7 Å². The van der Waals surface area contributed by atoms with Crippen LogP contribution in [0.1, 0.15) is 36.6 Å². The lowest BCUT2D eigenvalue weighted by atomic mass is 9.94. The molecule has 0 spiro atoms. The summed E-state index contributed by atoms with van der Waals surface area (Å²) in [7, 11) is 1.56. The smallest absolute Gasteiger partial charge is 0.295 e. The average Bonchev–Trinajstić information content (AvgIpc) is 3.41. The number of para-hydroxylation sites is 1. The van der Waals surface area contributed by atoms with E-state index >= 15 is 0 Å². The third-order valence-electron chi connectivity index (χ3n) is 6.49. The van der Waals surface area contributed by atoms with Crippen molar-refractivity contribution in [3.63, 3.8) is 0 Å². The Kier molecular flexibility index (Phi) is 6.70. The second-order valence-corrected chi connectivity index (χ2v) is 8.18. The zero-order chi connectivity index (χ0) is 23.5. The van der Waals surface area contributed by atoms with Gasteiger partial charge in [0.15, 0.2) is 0 Å². The molecule has 1 atom stereocenters. The quantitative estimate of drug-likeness (QED) is 0.377. The Labute approximate surface area is 194 Å². The fourth-order valence-electron chi connectivity index (χ4n) is 4.60. The van der Waals surface area contributed by atoms with Gasteiger partial charge in [0.2, 0.25) is 0 Å². The van der Waals surface area contributed by atoms with Gasteiger partial charge in [0.25, 0.3) is 11.7 Å². The van der Waals surface area contributed by atoms with Gasteiger partial charge in [0.1, 0.15) is 17.3 Å². The topological polar surface area (TPSA) is 79.3 Å². The molecule has 33 heavy (non-hydrogen) atoms. The number of Topliss-reactive ketones (excluding diaryl/α,β-unsaturated/α-hetero) is 1. The van der Waals surface area contributed by atoms with E-state index in [4.69, 9.17) is 9.47 Å². The molecule has 0 aromatic heterocycles. The Bertz CT molecular complexity index is 1090. The van der Waals surface area contributed by atoms with Gasteiger partial charge in [-0.25, -0.2) is 0 Å². The minimum atomic E-state index is -0.735. The standard InChI is InChI=1S/C26H30N2O5/c1-4-27(5-2)13-14-28-23(19-8-6-7-9-21(19)32-3)22(25(30)26(28)31)24(29)18-10-11-20-17(16-18)12-15-33-20/h6-11,16,23,29H,4-5,12-15H2,1-3H3/b24-22+. The van der Waals surface area contributed by atoms with Crippen molar-refractivity contribution in [3.8, 4) is 11.5 Å². The summed E-state index contributed by atoms with van der Waals surface area (Å²) in [4.78, 5) is 30.2. The van der Waals surface area contributed by atoms with Gasteiger partial charge in [-0.05, 0) is 42.9 Å². The molecule has 0 radical (unpaired) electrons. The first-order chi connectivity index (χ1) is 16.0. The molecule has 2 heterocycles. The molecule has 174 valence electrons. The van der Waals surface area contributed by atoms with E-state index < -0.39 is 17.7 Å². The highest BCUT2D eigenvalue weighted by atomic mass is 16.5. The number of benzene rings is 2. The third-order valence-corrected chi connectivity index (χ3v) is 6.49. The molecule has 1 fully saturated rings. The number of carbonyl (C=O) groups excluding carboxylic acids is 2. The van der Waals surface area contributed by atoms with E-state index in [9.17, 15) is 14.7 Å². The third kappa shape index (κ3) is 4.20. The number of ketones is 1. The molecule has 2 aromatic rings. The lowest BCUT2D eigenvalue weighted by molar-refractivity contribution is -0.140. The highest BCUT2D eigenvalue weighted by molar-refractivity contribution is 6.46. The summed E-state index contributed by atoms with van der Waals surface area (Å²) in [6.45, 7) is 7.40. The fraction of sp³-hybridized carbons (Fsp3) is 0.385. The minimum Gasteiger partial charge on any atom is -0.507 e. The van der Waals surface area contributed by atoms with Gasteiger partial charge in [-0.3, -0.25) is 9.59 Å². The van der Waals surface area contributed by atoms with Crippen LogP contribution in [0.25, 0.3) is 5.76 Å². The summed E-state index contributed by atoms with van der Waals surface area (Å²) in [5.74, 6) is -0.119.